The molecule has 0 unspecified atom stereocenters. The van der Waals surface area contributed by atoms with Crippen LogP contribution >= 0.6 is 15.9 Å². The summed E-state index contributed by atoms with van der Waals surface area (Å²) in [5, 5.41) is 10.8. The highest BCUT2D eigenvalue weighted by molar-refractivity contribution is 9.10. The second-order valence-corrected chi connectivity index (χ2v) is 6.41. The summed E-state index contributed by atoms with van der Waals surface area (Å²) < 4.78 is 2.54. The smallest absolute Gasteiger partial charge is 0.271 e. The predicted octanol–water partition coefficient (Wildman–Crippen LogP) is 2.78. The van der Waals surface area contributed by atoms with E-state index in [9.17, 15) is 4.79 Å². The minimum atomic E-state index is -0.276. The number of carbonyl (C=O) groups excluding carboxylic acids is 1. The molecule has 3 rings (SSSR count). The summed E-state index contributed by atoms with van der Waals surface area (Å²) in [6, 6.07) is 8.20. The van der Waals surface area contributed by atoms with Crippen molar-refractivity contribution in [2.75, 3.05) is 0 Å². The number of hydrogen-bond acceptors (Lipinski definition) is 3. The maximum absolute atomic E-state index is 12.5. The van der Waals surface area contributed by atoms with Crippen LogP contribution in [0.15, 0.2) is 34.9 Å². The molecule has 0 atom stereocenters. The number of carbonyl (C=O) groups is 1. The van der Waals surface area contributed by atoms with Crippen molar-refractivity contribution in [3.8, 4) is 0 Å². The zero-order valence-corrected chi connectivity index (χ0v) is 13.4. The van der Waals surface area contributed by atoms with Crippen molar-refractivity contribution in [2.24, 2.45) is 7.05 Å². The summed E-state index contributed by atoms with van der Waals surface area (Å²) in [7, 11) is 1.73. The van der Waals surface area contributed by atoms with E-state index in [-0.39, 0.29) is 11.4 Å². The standard InChI is InChI=1S/C15H17BrN4O/c1-20-13(10-17-19-20)14(21)18-15(8-2-3-9-15)11-4-6-12(16)7-5-11/h4-7,10H,2-3,8-9H2,1H3,(H,18,21). The Hall–Kier alpha value is -1.69. The summed E-state index contributed by atoms with van der Waals surface area (Å²) in [6.45, 7) is 0. The highest BCUT2D eigenvalue weighted by atomic mass is 79.9. The molecule has 0 radical (unpaired) electrons. The monoisotopic (exact) mass is 348 g/mol. The molecule has 5 nitrogen and oxygen atoms in total. The van der Waals surface area contributed by atoms with Crippen molar-refractivity contribution in [2.45, 2.75) is 31.2 Å². The van der Waals surface area contributed by atoms with Gasteiger partial charge in [-0.15, -0.1) is 5.10 Å². The van der Waals surface area contributed by atoms with E-state index in [1.54, 1.807) is 7.05 Å². The molecule has 0 aliphatic heterocycles. The molecule has 1 aromatic heterocycles. The van der Waals surface area contributed by atoms with Crippen LogP contribution in [-0.2, 0) is 12.6 Å². The summed E-state index contributed by atoms with van der Waals surface area (Å²) >= 11 is 3.46. The third kappa shape index (κ3) is 2.72. The van der Waals surface area contributed by atoms with Crippen LogP contribution in [0.5, 0.6) is 0 Å². The maximum atomic E-state index is 12.5. The molecule has 1 heterocycles. The number of aryl methyl sites for hydroxylation is 1. The number of nitrogens with zero attached hydrogens (tertiary/aromatic N) is 3. The van der Waals surface area contributed by atoms with E-state index in [0.29, 0.717) is 5.69 Å². The summed E-state index contributed by atoms with van der Waals surface area (Å²) in [6.07, 6.45) is 5.68. The van der Waals surface area contributed by atoms with E-state index in [1.165, 1.54) is 10.9 Å². The van der Waals surface area contributed by atoms with Crippen LogP contribution in [0.2, 0.25) is 0 Å². The molecule has 1 fully saturated rings. The molecule has 6 heteroatoms. The first-order valence-electron chi connectivity index (χ1n) is 7.04. The molecule has 0 spiro atoms. The lowest BCUT2D eigenvalue weighted by Crippen LogP contribution is -2.44. The SMILES string of the molecule is Cn1nncc1C(=O)NC1(c2ccc(Br)cc2)CCCC1. The minimum Gasteiger partial charge on any atom is -0.341 e. The Balaban J connectivity index is 1.90. The van der Waals surface area contributed by atoms with Gasteiger partial charge in [-0.25, -0.2) is 4.68 Å². The topological polar surface area (TPSA) is 59.8 Å². The molecule has 1 N–H and O–H groups in total. The average Bonchev–Trinajstić information content (AvgIpc) is 3.09. The fourth-order valence-corrected chi connectivity index (χ4v) is 3.27. The van der Waals surface area contributed by atoms with Crippen molar-refractivity contribution >= 4 is 21.8 Å². The molecule has 1 aliphatic rings. The number of hydrogen-bond donors (Lipinski definition) is 1. The Kier molecular flexibility index (Phi) is 3.80. The van der Waals surface area contributed by atoms with Crippen LogP contribution in [0.4, 0.5) is 0 Å². The zero-order valence-electron chi connectivity index (χ0n) is 11.8. The van der Waals surface area contributed by atoms with Gasteiger partial charge in [-0.05, 0) is 30.5 Å². The van der Waals surface area contributed by atoms with Gasteiger partial charge in [0, 0.05) is 11.5 Å². The van der Waals surface area contributed by atoms with Crippen molar-refractivity contribution < 1.29 is 4.79 Å². The Morgan fingerprint density at radius 1 is 1.29 bits per heavy atom. The molecule has 1 amide bonds. The molecular formula is C15H17BrN4O. The molecule has 1 aliphatic carbocycles. The first kappa shape index (κ1) is 14.3. The van der Waals surface area contributed by atoms with Crippen LogP contribution in [0.1, 0.15) is 41.7 Å². The lowest BCUT2D eigenvalue weighted by atomic mass is 9.88. The van der Waals surface area contributed by atoms with E-state index in [2.05, 4.69) is 43.7 Å². The molecule has 0 bridgehead atoms. The zero-order chi connectivity index (χ0) is 14.9. The Bertz CT molecular complexity index is 644. The number of amides is 1. The Labute approximate surface area is 131 Å². The second-order valence-electron chi connectivity index (χ2n) is 5.49. The van der Waals surface area contributed by atoms with Gasteiger partial charge in [0.1, 0.15) is 5.69 Å². The van der Waals surface area contributed by atoms with Gasteiger partial charge >= 0.3 is 0 Å². The first-order chi connectivity index (χ1) is 10.1. The number of nitrogens with one attached hydrogen (secondary N) is 1. The highest BCUT2D eigenvalue weighted by Crippen LogP contribution is 2.39. The number of aromatic nitrogens is 3. The van der Waals surface area contributed by atoms with Crippen LogP contribution in [0.25, 0.3) is 0 Å². The van der Waals surface area contributed by atoms with E-state index < -0.39 is 0 Å². The molecular weight excluding hydrogens is 332 g/mol. The third-order valence-corrected chi connectivity index (χ3v) is 4.68. The number of benzene rings is 1. The molecule has 2 aromatic rings. The van der Waals surface area contributed by atoms with E-state index >= 15 is 0 Å². The summed E-state index contributed by atoms with van der Waals surface area (Å²) in [4.78, 5) is 12.5. The van der Waals surface area contributed by atoms with Gasteiger partial charge in [-0.2, -0.15) is 0 Å². The van der Waals surface area contributed by atoms with Gasteiger partial charge in [-0.3, -0.25) is 4.79 Å². The maximum Gasteiger partial charge on any atom is 0.271 e. The third-order valence-electron chi connectivity index (χ3n) is 4.15. The number of halogens is 1. The van der Waals surface area contributed by atoms with Crippen molar-refractivity contribution in [3.05, 3.63) is 46.2 Å². The molecule has 110 valence electrons. The largest absolute Gasteiger partial charge is 0.341 e. The van der Waals surface area contributed by atoms with Crippen LogP contribution in [-0.4, -0.2) is 20.9 Å². The quantitative estimate of drug-likeness (QED) is 0.927. The van der Waals surface area contributed by atoms with Gasteiger partial charge in [0.15, 0.2) is 0 Å². The lowest BCUT2D eigenvalue weighted by molar-refractivity contribution is 0.0888. The fourth-order valence-electron chi connectivity index (χ4n) is 3.01. The van der Waals surface area contributed by atoms with Gasteiger partial charge in [-0.1, -0.05) is 46.1 Å². The Morgan fingerprint density at radius 3 is 2.52 bits per heavy atom. The molecule has 0 saturated heterocycles. The van der Waals surface area contributed by atoms with Crippen LogP contribution in [0, 0.1) is 0 Å². The van der Waals surface area contributed by atoms with Gasteiger partial charge in [0.25, 0.3) is 5.91 Å². The number of rotatable bonds is 3. The summed E-state index contributed by atoms with van der Waals surface area (Å²) in [5.74, 6) is -0.118. The van der Waals surface area contributed by atoms with E-state index in [1.807, 2.05) is 12.1 Å². The normalized spacial score (nSPS) is 16.9. The van der Waals surface area contributed by atoms with Gasteiger partial charge < -0.3 is 5.32 Å². The van der Waals surface area contributed by atoms with E-state index in [0.717, 1.165) is 35.7 Å². The second kappa shape index (κ2) is 5.60. The lowest BCUT2D eigenvalue weighted by Gasteiger charge is -2.31. The van der Waals surface area contributed by atoms with Crippen molar-refractivity contribution in [1.82, 2.24) is 20.3 Å². The van der Waals surface area contributed by atoms with E-state index in [4.69, 9.17) is 0 Å². The van der Waals surface area contributed by atoms with Crippen LogP contribution in [0.3, 0.4) is 0 Å². The summed E-state index contributed by atoms with van der Waals surface area (Å²) in [5.41, 5.74) is 1.37. The average molecular weight is 349 g/mol. The van der Waals surface area contributed by atoms with Crippen molar-refractivity contribution in [1.29, 1.82) is 0 Å². The molecule has 1 aromatic carbocycles. The molecule has 21 heavy (non-hydrogen) atoms. The fraction of sp³-hybridized carbons (Fsp3) is 0.400. The van der Waals surface area contributed by atoms with Crippen molar-refractivity contribution in [3.63, 3.8) is 0 Å². The van der Waals surface area contributed by atoms with Crippen LogP contribution < -0.4 is 5.32 Å². The van der Waals surface area contributed by atoms with Gasteiger partial charge in [0.05, 0.1) is 11.7 Å². The highest BCUT2D eigenvalue weighted by Gasteiger charge is 2.37. The molecule has 1 saturated carbocycles. The first-order valence-corrected chi connectivity index (χ1v) is 7.83. The minimum absolute atomic E-state index is 0.118. The predicted molar refractivity (Wildman–Crippen MR) is 82.8 cm³/mol. The van der Waals surface area contributed by atoms with Gasteiger partial charge in [0.2, 0.25) is 0 Å². The Morgan fingerprint density at radius 2 is 1.95 bits per heavy atom.